The highest BCUT2D eigenvalue weighted by Crippen LogP contribution is 2.36. The molecule has 4 rings (SSSR count). The number of aryl methyl sites for hydroxylation is 2. The van der Waals surface area contributed by atoms with E-state index in [1.807, 2.05) is 0 Å². The number of fused-ring (bicyclic) bond motifs is 1. The fourth-order valence-corrected chi connectivity index (χ4v) is 5.28. The van der Waals surface area contributed by atoms with Crippen LogP contribution in [0.15, 0.2) is 21.6 Å². The Labute approximate surface area is 164 Å². The predicted molar refractivity (Wildman–Crippen MR) is 98.6 cm³/mol. The predicted octanol–water partition coefficient (Wildman–Crippen LogP) is 4.07. The van der Waals surface area contributed by atoms with Crippen LogP contribution in [0.3, 0.4) is 0 Å². The first kappa shape index (κ1) is 19.9. The molecule has 11 heteroatoms. The van der Waals surface area contributed by atoms with Crippen molar-refractivity contribution in [2.45, 2.75) is 56.6 Å². The summed E-state index contributed by atoms with van der Waals surface area (Å²) >= 11 is 0. The lowest BCUT2D eigenvalue weighted by atomic mass is 10.0. The number of alkyl halides is 3. The van der Waals surface area contributed by atoms with Crippen molar-refractivity contribution in [3.8, 4) is 11.1 Å². The van der Waals surface area contributed by atoms with Crippen LogP contribution < -0.4 is 4.72 Å². The van der Waals surface area contributed by atoms with E-state index in [1.165, 1.54) is 12.1 Å². The Bertz CT molecular complexity index is 1160. The van der Waals surface area contributed by atoms with Crippen LogP contribution in [0.25, 0.3) is 22.2 Å². The van der Waals surface area contributed by atoms with E-state index in [0.29, 0.717) is 35.4 Å². The molecule has 7 nitrogen and oxygen atoms in total. The SMILES string of the molecule is Cc1noc(C)c1-c1cc(S(=O)(=O)NC2CCCC2)c2nc(C(F)(F)F)[nH]c2c1. The molecule has 3 aromatic rings. The van der Waals surface area contributed by atoms with E-state index in [4.69, 9.17) is 4.52 Å². The molecule has 0 radical (unpaired) electrons. The monoisotopic (exact) mass is 428 g/mol. The van der Waals surface area contributed by atoms with Gasteiger partial charge in [-0.05, 0) is 44.4 Å². The van der Waals surface area contributed by atoms with Crippen molar-refractivity contribution in [3.05, 3.63) is 29.4 Å². The number of sulfonamides is 1. The van der Waals surface area contributed by atoms with Gasteiger partial charge >= 0.3 is 6.18 Å². The van der Waals surface area contributed by atoms with Crippen LogP contribution in [-0.4, -0.2) is 29.6 Å². The van der Waals surface area contributed by atoms with Gasteiger partial charge in [-0.2, -0.15) is 13.2 Å². The molecule has 0 aliphatic heterocycles. The van der Waals surface area contributed by atoms with E-state index in [-0.39, 0.29) is 22.0 Å². The van der Waals surface area contributed by atoms with Crippen LogP contribution in [0.4, 0.5) is 13.2 Å². The van der Waals surface area contributed by atoms with Crippen LogP contribution >= 0.6 is 0 Å². The Morgan fingerprint density at radius 3 is 2.48 bits per heavy atom. The van der Waals surface area contributed by atoms with Gasteiger partial charge in [-0.1, -0.05) is 18.0 Å². The fourth-order valence-electron chi connectivity index (χ4n) is 3.79. The molecule has 0 amide bonds. The third-order valence-electron chi connectivity index (χ3n) is 5.11. The molecular weight excluding hydrogens is 409 g/mol. The zero-order chi connectivity index (χ0) is 21.0. The summed E-state index contributed by atoms with van der Waals surface area (Å²) in [6, 6.07) is 2.52. The summed E-state index contributed by atoms with van der Waals surface area (Å²) in [4.78, 5) is 5.45. The maximum Gasteiger partial charge on any atom is 0.449 e. The Balaban J connectivity index is 1.93. The summed E-state index contributed by atoms with van der Waals surface area (Å²) in [5.74, 6) is -0.815. The van der Waals surface area contributed by atoms with E-state index < -0.39 is 22.0 Å². The molecule has 2 heterocycles. The maximum absolute atomic E-state index is 13.2. The summed E-state index contributed by atoms with van der Waals surface area (Å²) in [6.45, 7) is 3.33. The number of nitrogens with one attached hydrogen (secondary N) is 2. The van der Waals surface area contributed by atoms with Crippen LogP contribution in [0.1, 0.15) is 43.0 Å². The maximum atomic E-state index is 13.2. The third-order valence-corrected chi connectivity index (χ3v) is 6.64. The highest BCUT2D eigenvalue weighted by atomic mass is 32.2. The molecule has 0 bridgehead atoms. The lowest BCUT2D eigenvalue weighted by Crippen LogP contribution is -2.32. The van der Waals surface area contributed by atoms with E-state index in [0.717, 1.165) is 12.8 Å². The summed E-state index contributed by atoms with van der Waals surface area (Å²) in [6.07, 6.45) is -1.53. The Hall–Kier alpha value is -2.40. The number of H-pyrrole nitrogens is 1. The van der Waals surface area contributed by atoms with Crippen molar-refractivity contribution in [1.29, 1.82) is 0 Å². The second-order valence-corrected chi connectivity index (χ2v) is 8.94. The minimum absolute atomic E-state index is 0.0263. The number of rotatable bonds is 4. The van der Waals surface area contributed by atoms with Gasteiger partial charge in [0, 0.05) is 11.6 Å². The Morgan fingerprint density at radius 1 is 1.21 bits per heavy atom. The first-order chi connectivity index (χ1) is 13.6. The van der Waals surface area contributed by atoms with Crippen molar-refractivity contribution in [1.82, 2.24) is 19.8 Å². The van der Waals surface area contributed by atoms with Crippen molar-refractivity contribution < 1.29 is 26.1 Å². The first-order valence-corrected chi connectivity index (χ1v) is 10.6. The summed E-state index contributed by atoms with van der Waals surface area (Å²) < 4.78 is 73.5. The van der Waals surface area contributed by atoms with Crippen molar-refractivity contribution in [3.63, 3.8) is 0 Å². The number of imidazole rings is 1. The molecule has 0 spiro atoms. The molecule has 156 valence electrons. The number of aromatic amines is 1. The Morgan fingerprint density at radius 2 is 1.90 bits per heavy atom. The molecule has 1 aliphatic rings. The highest BCUT2D eigenvalue weighted by molar-refractivity contribution is 7.89. The summed E-state index contributed by atoms with van der Waals surface area (Å²) in [7, 11) is -4.09. The van der Waals surface area contributed by atoms with Crippen molar-refractivity contribution in [2.75, 3.05) is 0 Å². The van der Waals surface area contributed by atoms with Gasteiger partial charge in [0.15, 0.2) is 0 Å². The van der Waals surface area contributed by atoms with E-state index in [9.17, 15) is 21.6 Å². The number of benzene rings is 1. The van der Waals surface area contributed by atoms with Gasteiger partial charge in [-0.25, -0.2) is 18.1 Å². The van der Waals surface area contributed by atoms with Crippen molar-refractivity contribution >= 4 is 21.1 Å². The number of aromatic nitrogens is 3. The number of hydrogen-bond acceptors (Lipinski definition) is 5. The molecule has 1 aromatic carbocycles. The fraction of sp³-hybridized carbons (Fsp3) is 0.444. The normalized spacial score (nSPS) is 16.2. The highest BCUT2D eigenvalue weighted by Gasteiger charge is 2.36. The zero-order valence-corrected chi connectivity index (χ0v) is 16.5. The number of halogens is 3. The molecule has 1 saturated carbocycles. The molecular formula is C18H19F3N4O3S. The molecule has 1 aliphatic carbocycles. The van der Waals surface area contributed by atoms with Gasteiger partial charge in [0.25, 0.3) is 0 Å². The van der Waals surface area contributed by atoms with Gasteiger partial charge in [0.1, 0.15) is 16.2 Å². The minimum Gasteiger partial charge on any atom is -0.361 e. The average molecular weight is 428 g/mol. The largest absolute Gasteiger partial charge is 0.449 e. The topological polar surface area (TPSA) is 101 Å². The second kappa shape index (κ2) is 6.84. The smallest absolute Gasteiger partial charge is 0.361 e. The van der Waals surface area contributed by atoms with Gasteiger partial charge in [0.05, 0.1) is 11.2 Å². The molecule has 2 N–H and O–H groups in total. The molecule has 0 atom stereocenters. The van der Waals surface area contributed by atoms with Gasteiger partial charge in [-0.3, -0.25) is 0 Å². The van der Waals surface area contributed by atoms with Gasteiger partial charge in [-0.15, -0.1) is 0 Å². The lowest BCUT2D eigenvalue weighted by molar-refractivity contribution is -0.144. The van der Waals surface area contributed by atoms with E-state index in [2.05, 4.69) is 19.8 Å². The standard InChI is InChI=1S/C18H19F3N4O3S/c1-9-15(10(2)28-24-9)11-7-13-16(23-17(22-13)18(19,20)21)14(8-11)29(26,27)25-12-5-3-4-6-12/h7-8,12,25H,3-6H2,1-2H3,(H,22,23). The van der Waals surface area contributed by atoms with Crippen LogP contribution in [0, 0.1) is 13.8 Å². The second-order valence-electron chi connectivity index (χ2n) is 7.26. The molecule has 29 heavy (non-hydrogen) atoms. The first-order valence-electron chi connectivity index (χ1n) is 9.13. The minimum atomic E-state index is -4.73. The molecule has 0 unspecified atom stereocenters. The van der Waals surface area contributed by atoms with Crippen LogP contribution in [-0.2, 0) is 16.2 Å². The number of hydrogen-bond donors (Lipinski definition) is 2. The molecule has 0 saturated heterocycles. The molecule has 1 fully saturated rings. The zero-order valence-electron chi connectivity index (χ0n) is 15.7. The van der Waals surface area contributed by atoms with Crippen LogP contribution in [0.2, 0.25) is 0 Å². The van der Waals surface area contributed by atoms with E-state index in [1.54, 1.807) is 13.8 Å². The third kappa shape index (κ3) is 3.64. The average Bonchev–Trinajstić information content (AvgIpc) is 3.33. The van der Waals surface area contributed by atoms with Crippen LogP contribution in [0.5, 0.6) is 0 Å². The summed E-state index contributed by atoms with van der Waals surface area (Å²) in [5.41, 5.74) is 1.15. The summed E-state index contributed by atoms with van der Waals surface area (Å²) in [5, 5.41) is 3.85. The number of nitrogens with zero attached hydrogens (tertiary/aromatic N) is 2. The Kier molecular flexibility index (Phi) is 4.69. The lowest BCUT2D eigenvalue weighted by Gasteiger charge is -2.14. The van der Waals surface area contributed by atoms with Gasteiger partial charge < -0.3 is 9.51 Å². The van der Waals surface area contributed by atoms with Crippen molar-refractivity contribution in [2.24, 2.45) is 0 Å². The van der Waals surface area contributed by atoms with E-state index >= 15 is 0 Å². The quantitative estimate of drug-likeness (QED) is 0.652. The molecule has 2 aromatic heterocycles. The van der Waals surface area contributed by atoms with Gasteiger partial charge in [0.2, 0.25) is 15.8 Å².